The normalized spacial score (nSPS) is 36.4. The van der Waals surface area contributed by atoms with Crippen LogP contribution in [0.4, 0.5) is 0 Å². The maximum Gasteiger partial charge on any atom is 0.233 e. The molecule has 14 heavy (non-hydrogen) atoms. The van der Waals surface area contributed by atoms with Gasteiger partial charge < -0.3 is 15.8 Å². The van der Waals surface area contributed by atoms with Crippen molar-refractivity contribution in [2.24, 2.45) is 28.6 Å². The van der Waals surface area contributed by atoms with Gasteiger partial charge in [0.1, 0.15) is 0 Å². The molecule has 3 unspecified atom stereocenters. The average molecular weight is 197 g/mol. The highest BCUT2D eigenvalue weighted by Gasteiger charge is 2.39. The molecule has 2 fully saturated rings. The van der Waals surface area contributed by atoms with E-state index >= 15 is 0 Å². The van der Waals surface area contributed by atoms with Crippen molar-refractivity contribution in [1.29, 1.82) is 0 Å². The van der Waals surface area contributed by atoms with E-state index in [1.807, 2.05) is 11.9 Å². The van der Waals surface area contributed by atoms with Crippen LogP contribution in [-0.2, 0) is 0 Å². The van der Waals surface area contributed by atoms with Crippen LogP contribution in [0.5, 0.6) is 0 Å². The molecule has 0 aliphatic heterocycles. The first kappa shape index (κ1) is 9.62. The molecule has 4 heteroatoms. The van der Waals surface area contributed by atoms with Crippen molar-refractivity contribution >= 4 is 5.96 Å². The van der Waals surface area contributed by atoms with Crippen LogP contribution >= 0.6 is 0 Å². The van der Waals surface area contributed by atoms with Gasteiger partial charge in [-0.25, -0.2) is 0 Å². The van der Waals surface area contributed by atoms with Gasteiger partial charge in [-0.05, 0) is 37.0 Å². The number of guanidine groups is 1. The SMILES string of the molecule is CN(CC1CC2CCC1C2)C(N)=NO. The van der Waals surface area contributed by atoms with Gasteiger partial charge in [0.25, 0.3) is 0 Å². The molecule has 3 atom stereocenters. The van der Waals surface area contributed by atoms with Crippen LogP contribution < -0.4 is 5.73 Å². The molecule has 0 saturated heterocycles. The van der Waals surface area contributed by atoms with Crippen LogP contribution in [0.2, 0.25) is 0 Å². The summed E-state index contributed by atoms with van der Waals surface area (Å²) in [6.07, 6.45) is 5.57. The predicted molar refractivity (Wildman–Crippen MR) is 55.0 cm³/mol. The molecule has 2 saturated carbocycles. The van der Waals surface area contributed by atoms with Gasteiger partial charge in [0.2, 0.25) is 5.96 Å². The van der Waals surface area contributed by atoms with Gasteiger partial charge in [-0.15, -0.1) is 0 Å². The summed E-state index contributed by atoms with van der Waals surface area (Å²) in [6, 6.07) is 0. The Bertz CT molecular complexity index is 242. The topological polar surface area (TPSA) is 61.8 Å². The lowest BCUT2D eigenvalue weighted by Crippen LogP contribution is -2.38. The Balaban J connectivity index is 1.86. The van der Waals surface area contributed by atoms with Gasteiger partial charge in [-0.2, -0.15) is 0 Å². The van der Waals surface area contributed by atoms with Crippen LogP contribution in [0, 0.1) is 17.8 Å². The molecule has 3 N–H and O–H groups in total. The highest BCUT2D eigenvalue weighted by molar-refractivity contribution is 5.77. The molecule has 2 aliphatic rings. The number of fused-ring (bicyclic) bond motifs is 2. The summed E-state index contributed by atoms with van der Waals surface area (Å²) in [5, 5.41) is 11.5. The Morgan fingerprint density at radius 2 is 2.29 bits per heavy atom. The zero-order valence-corrected chi connectivity index (χ0v) is 8.69. The molecule has 0 radical (unpaired) electrons. The Kier molecular flexibility index (Phi) is 2.52. The second-order valence-corrected chi connectivity index (χ2v) is 4.77. The van der Waals surface area contributed by atoms with Crippen LogP contribution in [-0.4, -0.2) is 29.7 Å². The number of nitrogens with two attached hydrogens (primary N) is 1. The first-order valence-corrected chi connectivity index (χ1v) is 5.39. The molecule has 2 aliphatic carbocycles. The summed E-state index contributed by atoms with van der Waals surface area (Å²) >= 11 is 0. The van der Waals surface area contributed by atoms with Crippen molar-refractivity contribution in [3.05, 3.63) is 0 Å². The largest absolute Gasteiger partial charge is 0.408 e. The molecule has 0 aromatic rings. The van der Waals surface area contributed by atoms with Crippen LogP contribution in [0.15, 0.2) is 5.16 Å². The summed E-state index contributed by atoms with van der Waals surface area (Å²) in [7, 11) is 1.89. The quantitative estimate of drug-likeness (QED) is 0.301. The molecule has 2 bridgehead atoms. The van der Waals surface area contributed by atoms with Crippen molar-refractivity contribution in [2.75, 3.05) is 13.6 Å². The Morgan fingerprint density at radius 1 is 1.50 bits per heavy atom. The van der Waals surface area contributed by atoms with Crippen molar-refractivity contribution in [3.8, 4) is 0 Å². The van der Waals surface area contributed by atoms with Gasteiger partial charge >= 0.3 is 0 Å². The van der Waals surface area contributed by atoms with E-state index in [1.165, 1.54) is 25.7 Å². The average Bonchev–Trinajstić information content (AvgIpc) is 2.77. The third-order valence-corrected chi connectivity index (χ3v) is 3.89. The lowest BCUT2D eigenvalue weighted by Gasteiger charge is -2.27. The second-order valence-electron chi connectivity index (χ2n) is 4.77. The van der Waals surface area contributed by atoms with Gasteiger partial charge in [0.05, 0.1) is 0 Å². The smallest absolute Gasteiger partial charge is 0.233 e. The van der Waals surface area contributed by atoms with Gasteiger partial charge in [0.15, 0.2) is 0 Å². The van der Waals surface area contributed by atoms with Gasteiger partial charge in [-0.1, -0.05) is 11.6 Å². The number of rotatable bonds is 2. The molecule has 0 amide bonds. The van der Waals surface area contributed by atoms with Crippen LogP contribution in [0.3, 0.4) is 0 Å². The molecule has 4 nitrogen and oxygen atoms in total. The maximum absolute atomic E-state index is 8.53. The van der Waals surface area contributed by atoms with Gasteiger partial charge in [-0.3, -0.25) is 0 Å². The first-order chi connectivity index (χ1) is 6.70. The van der Waals surface area contributed by atoms with E-state index in [4.69, 9.17) is 10.9 Å². The van der Waals surface area contributed by atoms with E-state index in [9.17, 15) is 0 Å². The lowest BCUT2D eigenvalue weighted by atomic mass is 9.88. The van der Waals surface area contributed by atoms with Crippen molar-refractivity contribution in [3.63, 3.8) is 0 Å². The zero-order valence-electron chi connectivity index (χ0n) is 8.69. The van der Waals surface area contributed by atoms with Gasteiger partial charge in [0, 0.05) is 13.6 Å². The molecule has 2 rings (SSSR count). The highest BCUT2D eigenvalue weighted by Crippen LogP contribution is 2.48. The summed E-state index contributed by atoms with van der Waals surface area (Å²) in [5.41, 5.74) is 5.52. The Hall–Kier alpha value is -0.930. The first-order valence-electron chi connectivity index (χ1n) is 5.39. The lowest BCUT2D eigenvalue weighted by molar-refractivity contribution is 0.260. The third kappa shape index (κ3) is 1.65. The number of nitrogens with zero attached hydrogens (tertiary/aromatic N) is 2. The predicted octanol–water partition coefficient (Wildman–Crippen LogP) is 1.06. The van der Waals surface area contributed by atoms with Crippen LogP contribution in [0.1, 0.15) is 25.7 Å². The monoisotopic (exact) mass is 197 g/mol. The Labute approximate surface area is 84.8 Å². The summed E-state index contributed by atoms with van der Waals surface area (Å²) < 4.78 is 0. The van der Waals surface area contributed by atoms with Crippen LogP contribution in [0.25, 0.3) is 0 Å². The Morgan fingerprint density at radius 3 is 2.79 bits per heavy atom. The fourth-order valence-electron chi connectivity index (χ4n) is 3.12. The highest BCUT2D eigenvalue weighted by atomic mass is 16.4. The minimum atomic E-state index is 0.229. The van der Waals surface area contributed by atoms with E-state index in [0.29, 0.717) is 0 Å². The van der Waals surface area contributed by atoms with E-state index in [1.54, 1.807) is 0 Å². The molecular weight excluding hydrogens is 178 g/mol. The minimum Gasteiger partial charge on any atom is -0.408 e. The minimum absolute atomic E-state index is 0.229. The molecule has 0 heterocycles. The third-order valence-electron chi connectivity index (χ3n) is 3.89. The standard InChI is InChI=1S/C10H19N3O/c1-13(10(11)12-14)6-9-5-7-2-3-8(9)4-7/h7-9,14H,2-6H2,1H3,(H2,11,12). The summed E-state index contributed by atoms with van der Waals surface area (Å²) in [5.74, 6) is 2.85. The van der Waals surface area contributed by atoms with E-state index < -0.39 is 0 Å². The zero-order chi connectivity index (χ0) is 10.1. The fourth-order valence-corrected chi connectivity index (χ4v) is 3.12. The van der Waals surface area contributed by atoms with E-state index in [0.717, 1.165) is 24.3 Å². The van der Waals surface area contributed by atoms with Crippen molar-refractivity contribution < 1.29 is 5.21 Å². The molecule has 0 spiro atoms. The summed E-state index contributed by atoms with van der Waals surface area (Å²) in [4.78, 5) is 1.85. The molecular formula is C10H19N3O. The summed E-state index contributed by atoms with van der Waals surface area (Å²) in [6.45, 7) is 0.942. The fraction of sp³-hybridized carbons (Fsp3) is 0.900. The number of oxime groups is 1. The molecule has 80 valence electrons. The molecule has 0 aromatic heterocycles. The second kappa shape index (κ2) is 3.67. The number of hydrogen-bond acceptors (Lipinski definition) is 2. The maximum atomic E-state index is 8.53. The molecule has 0 aromatic carbocycles. The number of hydrogen-bond donors (Lipinski definition) is 2. The van der Waals surface area contributed by atoms with Crippen molar-refractivity contribution in [2.45, 2.75) is 25.7 Å². The van der Waals surface area contributed by atoms with Crippen molar-refractivity contribution in [1.82, 2.24) is 4.90 Å². The van der Waals surface area contributed by atoms with E-state index in [2.05, 4.69) is 5.16 Å². The van der Waals surface area contributed by atoms with E-state index in [-0.39, 0.29) is 5.96 Å².